The molecule has 20 heavy (non-hydrogen) atoms. The van der Waals surface area contributed by atoms with E-state index in [9.17, 15) is 9.50 Å². The molecular formula is C15H15ClFNO2. The van der Waals surface area contributed by atoms with Crippen LogP contribution in [0.1, 0.15) is 31.1 Å². The van der Waals surface area contributed by atoms with Crippen LogP contribution in [-0.2, 0) is 0 Å². The van der Waals surface area contributed by atoms with Crippen molar-refractivity contribution in [1.29, 1.82) is 0 Å². The van der Waals surface area contributed by atoms with Crippen molar-refractivity contribution in [2.24, 2.45) is 0 Å². The van der Waals surface area contributed by atoms with E-state index in [1.54, 1.807) is 12.3 Å². The second-order valence-electron chi connectivity index (χ2n) is 4.73. The average molecular weight is 296 g/mol. The first-order chi connectivity index (χ1) is 9.45. The van der Waals surface area contributed by atoms with Crippen LogP contribution in [0.4, 0.5) is 4.39 Å². The van der Waals surface area contributed by atoms with E-state index in [1.807, 2.05) is 13.8 Å². The first kappa shape index (κ1) is 14.8. The Labute approximate surface area is 122 Å². The fraction of sp³-hybridized carbons (Fsp3) is 0.267. The molecule has 0 aliphatic carbocycles. The van der Waals surface area contributed by atoms with Crippen LogP contribution in [0.5, 0.6) is 5.75 Å². The van der Waals surface area contributed by atoms with Crippen molar-refractivity contribution >= 4 is 11.6 Å². The maximum Gasteiger partial charge on any atom is 0.138 e. The normalized spacial score (nSPS) is 12.5. The Morgan fingerprint density at radius 2 is 1.90 bits per heavy atom. The molecule has 1 unspecified atom stereocenters. The molecule has 106 valence electrons. The van der Waals surface area contributed by atoms with Crippen LogP contribution in [0.15, 0.2) is 36.7 Å². The number of hydrogen-bond donors (Lipinski definition) is 1. The number of hydrogen-bond acceptors (Lipinski definition) is 3. The lowest BCUT2D eigenvalue weighted by Crippen LogP contribution is -2.07. The van der Waals surface area contributed by atoms with Crippen LogP contribution < -0.4 is 4.74 Å². The van der Waals surface area contributed by atoms with Crippen molar-refractivity contribution in [2.45, 2.75) is 26.1 Å². The van der Waals surface area contributed by atoms with Crippen LogP contribution in [0.25, 0.3) is 0 Å². The summed E-state index contributed by atoms with van der Waals surface area (Å²) >= 11 is 5.79. The van der Waals surface area contributed by atoms with Crippen molar-refractivity contribution in [1.82, 2.24) is 4.98 Å². The minimum Gasteiger partial charge on any atom is -0.489 e. The van der Waals surface area contributed by atoms with Gasteiger partial charge in [-0.25, -0.2) is 4.39 Å². The minimum atomic E-state index is -1.01. The second-order valence-corrected chi connectivity index (χ2v) is 5.16. The Balaban J connectivity index is 2.30. The lowest BCUT2D eigenvalue weighted by Gasteiger charge is -2.14. The predicted molar refractivity (Wildman–Crippen MR) is 75.5 cm³/mol. The van der Waals surface area contributed by atoms with Gasteiger partial charge < -0.3 is 9.84 Å². The third-order valence-electron chi connectivity index (χ3n) is 2.62. The predicted octanol–water partition coefficient (Wildman–Crippen LogP) is 3.74. The summed E-state index contributed by atoms with van der Waals surface area (Å²) in [7, 11) is 0. The van der Waals surface area contributed by atoms with Crippen molar-refractivity contribution in [3.8, 4) is 5.75 Å². The smallest absolute Gasteiger partial charge is 0.138 e. The van der Waals surface area contributed by atoms with Gasteiger partial charge in [-0.2, -0.15) is 0 Å². The molecular weight excluding hydrogens is 281 g/mol. The van der Waals surface area contributed by atoms with Crippen LogP contribution in [0.3, 0.4) is 0 Å². The van der Waals surface area contributed by atoms with E-state index in [0.717, 1.165) is 0 Å². The zero-order valence-corrected chi connectivity index (χ0v) is 11.9. The van der Waals surface area contributed by atoms with E-state index in [0.29, 0.717) is 16.9 Å². The van der Waals surface area contributed by atoms with Gasteiger partial charge >= 0.3 is 0 Å². The molecule has 2 aromatic rings. The number of nitrogens with zero attached hydrogens (tertiary/aromatic N) is 1. The van der Waals surface area contributed by atoms with Gasteiger partial charge in [-0.1, -0.05) is 11.6 Å². The summed E-state index contributed by atoms with van der Waals surface area (Å²) in [5.74, 6) is 0.0631. The van der Waals surface area contributed by atoms with E-state index in [4.69, 9.17) is 16.3 Å². The Bertz CT molecular complexity index is 584. The molecule has 1 heterocycles. The lowest BCUT2D eigenvalue weighted by molar-refractivity contribution is 0.215. The van der Waals surface area contributed by atoms with Crippen LogP contribution in [0, 0.1) is 5.82 Å². The summed E-state index contributed by atoms with van der Waals surface area (Å²) in [6, 6.07) is 5.63. The highest BCUT2D eigenvalue weighted by Crippen LogP contribution is 2.27. The molecule has 0 spiro atoms. The van der Waals surface area contributed by atoms with Crippen LogP contribution >= 0.6 is 11.6 Å². The van der Waals surface area contributed by atoms with Crippen LogP contribution in [-0.4, -0.2) is 16.2 Å². The highest BCUT2D eigenvalue weighted by molar-refractivity contribution is 6.30. The van der Waals surface area contributed by atoms with E-state index in [-0.39, 0.29) is 11.1 Å². The van der Waals surface area contributed by atoms with Gasteiger partial charge in [-0.3, -0.25) is 4.98 Å². The highest BCUT2D eigenvalue weighted by atomic mass is 35.5. The summed E-state index contributed by atoms with van der Waals surface area (Å²) < 4.78 is 18.8. The van der Waals surface area contributed by atoms with Crippen molar-refractivity contribution in [3.05, 3.63) is 58.6 Å². The van der Waals surface area contributed by atoms with Gasteiger partial charge in [0.2, 0.25) is 0 Å². The van der Waals surface area contributed by atoms with Gasteiger partial charge in [0.1, 0.15) is 17.7 Å². The zero-order chi connectivity index (χ0) is 14.7. The van der Waals surface area contributed by atoms with Gasteiger partial charge in [-0.05, 0) is 43.7 Å². The van der Waals surface area contributed by atoms with E-state index in [2.05, 4.69) is 4.98 Å². The summed E-state index contributed by atoms with van der Waals surface area (Å²) in [6.07, 6.45) is 2.07. The molecule has 1 N–H and O–H groups in total. The maximum atomic E-state index is 13.3. The molecule has 1 atom stereocenters. The quantitative estimate of drug-likeness (QED) is 0.934. The van der Waals surface area contributed by atoms with Gasteiger partial charge in [0.05, 0.1) is 12.3 Å². The molecule has 0 amide bonds. The number of halogens is 2. The van der Waals surface area contributed by atoms with Crippen molar-refractivity contribution in [2.75, 3.05) is 0 Å². The van der Waals surface area contributed by atoms with Crippen molar-refractivity contribution < 1.29 is 14.2 Å². The average Bonchev–Trinajstić information content (AvgIpc) is 2.36. The third-order valence-corrected chi connectivity index (χ3v) is 2.84. The molecule has 0 radical (unpaired) electrons. The molecule has 0 aliphatic heterocycles. The molecule has 0 fully saturated rings. The highest BCUT2D eigenvalue weighted by Gasteiger charge is 2.14. The topological polar surface area (TPSA) is 42.4 Å². The Morgan fingerprint density at radius 3 is 2.55 bits per heavy atom. The van der Waals surface area contributed by atoms with E-state index >= 15 is 0 Å². The van der Waals surface area contributed by atoms with Gasteiger partial charge in [0.25, 0.3) is 0 Å². The maximum absolute atomic E-state index is 13.3. The molecule has 0 bridgehead atoms. The Kier molecular flexibility index (Phi) is 4.57. The lowest BCUT2D eigenvalue weighted by atomic mass is 10.0. The summed E-state index contributed by atoms with van der Waals surface area (Å²) in [5.41, 5.74) is 0.892. The summed E-state index contributed by atoms with van der Waals surface area (Å²) in [6.45, 7) is 3.80. The molecule has 0 aliphatic rings. The molecule has 1 aromatic heterocycles. The molecule has 1 aromatic carbocycles. The van der Waals surface area contributed by atoms with Crippen LogP contribution in [0.2, 0.25) is 5.02 Å². The Hall–Kier alpha value is -1.65. The molecule has 0 saturated heterocycles. The number of ether oxygens (including phenoxy) is 1. The number of pyridine rings is 1. The summed E-state index contributed by atoms with van der Waals surface area (Å²) in [5, 5.41) is 10.5. The number of aliphatic hydroxyl groups is 1. The number of aromatic nitrogens is 1. The standard InChI is InChI=1S/C15H15ClFNO2/c1-9(2)20-14-5-11(7-18-8-14)15(19)10-3-12(16)6-13(17)4-10/h3-9,15,19H,1-2H3. The summed E-state index contributed by atoms with van der Waals surface area (Å²) in [4.78, 5) is 4.02. The van der Waals surface area contributed by atoms with Crippen molar-refractivity contribution in [3.63, 3.8) is 0 Å². The molecule has 5 heteroatoms. The number of rotatable bonds is 4. The Morgan fingerprint density at radius 1 is 1.15 bits per heavy atom. The largest absolute Gasteiger partial charge is 0.489 e. The minimum absolute atomic E-state index is 0.00723. The number of aliphatic hydroxyl groups excluding tert-OH is 1. The second kappa shape index (κ2) is 6.20. The first-order valence-corrected chi connectivity index (χ1v) is 6.59. The fourth-order valence-corrected chi connectivity index (χ4v) is 2.08. The van der Waals surface area contributed by atoms with Gasteiger partial charge in [0.15, 0.2) is 0 Å². The molecule has 3 nitrogen and oxygen atoms in total. The zero-order valence-electron chi connectivity index (χ0n) is 11.2. The number of benzene rings is 1. The molecule has 2 rings (SSSR count). The molecule has 0 saturated carbocycles. The van der Waals surface area contributed by atoms with E-state index in [1.165, 1.54) is 24.4 Å². The van der Waals surface area contributed by atoms with E-state index < -0.39 is 11.9 Å². The third kappa shape index (κ3) is 3.68. The van der Waals surface area contributed by atoms with Gasteiger partial charge in [0, 0.05) is 16.8 Å². The first-order valence-electron chi connectivity index (χ1n) is 6.21. The monoisotopic (exact) mass is 295 g/mol. The SMILES string of the molecule is CC(C)Oc1cncc(C(O)c2cc(F)cc(Cl)c2)c1. The van der Waals surface area contributed by atoms with Gasteiger partial charge in [-0.15, -0.1) is 0 Å². The fourth-order valence-electron chi connectivity index (χ4n) is 1.85.